The van der Waals surface area contributed by atoms with Crippen molar-refractivity contribution in [2.24, 2.45) is 0 Å². The lowest BCUT2D eigenvalue weighted by molar-refractivity contribution is 0.358. The van der Waals surface area contributed by atoms with Gasteiger partial charge in [0.1, 0.15) is 5.76 Å². The second kappa shape index (κ2) is 7.17. The lowest BCUT2D eigenvalue weighted by atomic mass is 10.3. The summed E-state index contributed by atoms with van der Waals surface area (Å²) in [5.41, 5.74) is 0.787. The predicted octanol–water partition coefficient (Wildman–Crippen LogP) is 3.72. The largest absolute Gasteiger partial charge is 0.468 e. The number of hydrogen-bond donors (Lipinski definition) is 0. The van der Waals surface area contributed by atoms with E-state index in [1.807, 2.05) is 6.07 Å². The number of halogens is 1. The fourth-order valence-electron chi connectivity index (χ4n) is 2.27. The molecule has 0 atom stereocenters. The molecule has 0 aliphatic carbocycles. The fourth-order valence-corrected chi connectivity index (χ4v) is 3.97. The van der Waals surface area contributed by atoms with Gasteiger partial charge >= 0.3 is 0 Å². The maximum absolute atomic E-state index is 13.0. The Labute approximate surface area is 145 Å². The lowest BCUT2D eigenvalue weighted by Crippen LogP contribution is -2.30. The topological polar surface area (TPSA) is 63.4 Å². The number of sulfonamides is 1. The molecule has 2 aromatic heterocycles. The average molecular weight is 363 g/mol. The molecule has 2 heterocycles. The van der Waals surface area contributed by atoms with Gasteiger partial charge in [-0.3, -0.25) is 4.98 Å². The molecule has 0 radical (unpaired) electrons. The molecule has 0 aliphatic heterocycles. The maximum atomic E-state index is 13.0. The Bertz CT molecular complexity index is 897. The van der Waals surface area contributed by atoms with Crippen molar-refractivity contribution in [1.82, 2.24) is 9.29 Å². The third-order valence-corrected chi connectivity index (χ3v) is 5.45. The van der Waals surface area contributed by atoms with Gasteiger partial charge in [0.2, 0.25) is 10.0 Å². The van der Waals surface area contributed by atoms with Gasteiger partial charge in [-0.1, -0.05) is 23.7 Å². The van der Waals surface area contributed by atoms with E-state index in [-0.39, 0.29) is 18.0 Å². The average Bonchev–Trinajstić information content (AvgIpc) is 3.08. The zero-order valence-electron chi connectivity index (χ0n) is 12.7. The van der Waals surface area contributed by atoms with Gasteiger partial charge in [-0.25, -0.2) is 8.42 Å². The van der Waals surface area contributed by atoms with Crippen molar-refractivity contribution >= 4 is 21.6 Å². The van der Waals surface area contributed by atoms with Gasteiger partial charge in [-0.05, 0) is 42.0 Å². The van der Waals surface area contributed by atoms with Crippen molar-refractivity contribution in [1.29, 1.82) is 0 Å². The first-order valence-corrected chi connectivity index (χ1v) is 9.04. The van der Waals surface area contributed by atoms with Crippen LogP contribution in [0.25, 0.3) is 0 Å². The van der Waals surface area contributed by atoms with Crippen LogP contribution in [0.3, 0.4) is 0 Å². The summed E-state index contributed by atoms with van der Waals surface area (Å²) in [6.07, 6.45) is 4.80. The molecule has 0 saturated heterocycles. The molecule has 0 spiro atoms. The highest BCUT2D eigenvalue weighted by Crippen LogP contribution is 2.23. The van der Waals surface area contributed by atoms with E-state index in [1.54, 1.807) is 42.7 Å². The van der Waals surface area contributed by atoms with E-state index in [2.05, 4.69) is 4.98 Å². The molecule has 3 rings (SSSR count). The molecule has 5 nitrogen and oxygen atoms in total. The van der Waals surface area contributed by atoms with Crippen LogP contribution >= 0.6 is 11.6 Å². The van der Waals surface area contributed by atoms with Crippen LogP contribution in [-0.2, 0) is 23.1 Å². The van der Waals surface area contributed by atoms with Crippen molar-refractivity contribution in [3.63, 3.8) is 0 Å². The van der Waals surface area contributed by atoms with Crippen LogP contribution in [0.1, 0.15) is 11.3 Å². The van der Waals surface area contributed by atoms with Crippen LogP contribution in [-0.4, -0.2) is 17.7 Å². The fraction of sp³-hybridized carbons (Fsp3) is 0.118. The molecule has 24 heavy (non-hydrogen) atoms. The standard InChI is InChI=1S/C17H15ClN2O3S/c18-15-5-1-7-17(10-15)24(21,22)20(13-16-6-3-9-23-16)12-14-4-2-8-19-11-14/h1-11H,12-13H2. The summed E-state index contributed by atoms with van der Waals surface area (Å²) in [5.74, 6) is 0.560. The maximum Gasteiger partial charge on any atom is 0.243 e. The molecule has 0 N–H and O–H groups in total. The first kappa shape index (κ1) is 16.7. The second-order valence-electron chi connectivity index (χ2n) is 5.17. The van der Waals surface area contributed by atoms with Crippen LogP contribution in [0.15, 0.2) is 76.5 Å². The first-order valence-electron chi connectivity index (χ1n) is 7.23. The number of benzene rings is 1. The zero-order valence-corrected chi connectivity index (χ0v) is 14.2. The Kier molecular flexibility index (Phi) is 4.99. The molecule has 1 aromatic carbocycles. The monoisotopic (exact) mass is 362 g/mol. The number of furan rings is 1. The Hall–Kier alpha value is -2.15. The van der Waals surface area contributed by atoms with Gasteiger partial charge in [-0.15, -0.1) is 0 Å². The lowest BCUT2D eigenvalue weighted by Gasteiger charge is -2.21. The minimum absolute atomic E-state index is 0.122. The molecule has 0 unspecified atom stereocenters. The summed E-state index contributed by atoms with van der Waals surface area (Å²) < 4.78 is 32.7. The van der Waals surface area contributed by atoms with E-state index in [0.717, 1.165) is 5.56 Å². The quantitative estimate of drug-likeness (QED) is 0.670. The molecule has 0 amide bonds. The number of rotatable bonds is 6. The minimum atomic E-state index is -3.74. The number of pyridine rings is 1. The Morgan fingerprint density at radius 1 is 1.08 bits per heavy atom. The van der Waals surface area contributed by atoms with Gasteiger partial charge in [-0.2, -0.15) is 4.31 Å². The first-order chi connectivity index (χ1) is 11.6. The summed E-state index contributed by atoms with van der Waals surface area (Å²) in [4.78, 5) is 4.18. The smallest absolute Gasteiger partial charge is 0.243 e. The molecule has 0 aliphatic rings. The number of hydrogen-bond acceptors (Lipinski definition) is 4. The molecular formula is C17H15ClN2O3S. The van der Waals surface area contributed by atoms with Gasteiger partial charge in [0.25, 0.3) is 0 Å². The molecule has 7 heteroatoms. The highest BCUT2D eigenvalue weighted by atomic mass is 35.5. The summed E-state index contributed by atoms with van der Waals surface area (Å²) in [6, 6.07) is 13.3. The minimum Gasteiger partial charge on any atom is -0.468 e. The van der Waals surface area contributed by atoms with Crippen molar-refractivity contribution in [3.05, 3.63) is 83.5 Å². The highest BCUT2D eigenvalue weighted by Gasteiger charge is 2.26. The van der Waals surface area contributed by atoms with Crippen LogP contribution in [0.2, 0.25) is 5.02 Å². The van der Waals surface area contributed by atoms with Crippen molar-refractivity contribution in [2.75, 3.05) is 0 Å². The third-order valence-electron chi connectivity index (χ3n) is 3.43. The third kappa shape index (κ3) is 3.84. The molecule has 124 valence electrons. The number of aromatic nitrogens is 1. The van der Waals surface area contributed by atoms with Gasteiger partial charge in [0.15, 0.2) is 0 Å². The molecular weight excluding hydrogens is 348 g/mol. The van der Waals surface area contributed by atoms with Crippen LogP contribution in [0.5, 0.6) is 0 Å². The summed E-state index contributed by atoms with van der Waals surface area (Å²) in [6.45, 7) is 0.306. The molecule has 0 saturated carbocycles. The Morgan fingerprint density at radius 3 is 2.62 bits per heavy atom. The van der Waals surface area contributed by atoms with E-state index in [4.69, 9.17) is 16.0 Å². The number of nitrogens with zero attached hydrogens (tertiary/aromatic N) is 2. The van der Waals surface area contributed by atoms with Crippen LogP contribution < -0.4 is 0 Å². The van der Waals surface area contributed by atoms with E-state index < -0.39 is 10.0 Å². The summed E-state index contributed by atoms with van der Waals surface area (Å²) >= 11 is 5.95. The van der Waals surface area contributed by atoms with Crippen molar-refractivity contribution in [2.45, 2.75) is 18.0 Å². The van der Waals surface area contributed by atoms with Crippen LogP contribution in [0.4, 0.5) is 0 Å². The van der Waals surface area contributed by atoms with Gasteiger partial charge < -0.3 is 4.42 Å². The molecule has 0 bridgehead atoms. The summed E-state index contributed by atoms with van der Waals surface area (Å²) in [5, 5.41) is 0.371. The van der Waals surface area contributed by atoms with Gasteiger partial charge in [0.05, 0.1) is 17.7 Å². The van der Waals surface area contributed by atoms with Crippen molar-refractivity contribution < 1.29 is 12.8 Å². The normalized spacial score (nSPS) is 11.8. The second-order valence-corrected chi connectivity index (χ2v) is 7.55. The molecule has 3 aromatic rings. The van der Waals surface area contributed by atoms with E-state index >= 15 is 0 Å². The van der Waals surface area contributed by atoms with Crippen LogP contribution in [0, 0.1) is 0 Å². The predicted molar refractivity (Wildman–Crippen MR) is 90.8 cm³/mol. The Morgan fingerprint density at radius 2 is 1.96 bits per heavy atom. The van der Waals surface area contributed by atoms with Crippen molar-refractivity contribution in [3.8, 4) is 0 Å². The SMILES string of the molecule is O=S(=O)(c1cccc(Cl)c1)N(Cc1cccnc1)Cc1ccco1. The zero-order chi connectivity index (χ0) is 17.0. The van der Waals surface area contributed by atoms with E-state index in [0.29, 0.717) is 10.8 Å². The molecule has 0 fully saturated rings. The van der Waals surface area contributed by atoms with E-state index in [9.17, 15) is 8.42 Å². The summed E-state index contributed by atoms with van der Waals surface area (Å²) in [7, 11) is -3.74. The Balaban J connectivity index is 1.96. The van der Waals surface area contributed by atoms with E-state index in [1.165, 1.54) is 22.7 Å². The highest BCUT2D eigenvalue weighted by molar-refractivity contribution is 7.89. The van der Waals surface area contributed by atoms with Gasteiger partial charge in [0, 0.05) is 24.0 Å².